The van der Waals surface area contributed by atoms with E-state index in [1.165, 1.54) is 6.42 Å². The Morgan fingerprint density at radius 2 is 0.612 bits per heavy atom. The van der Waals surface area contributed by atoms with E-state index < -0.39 is 52.9 Å². The van der Waals surface area contributed by atoms with Gasteiger partial charge < -0.3 is 51.0 Å². The minimum atomic E-state index is -5.77. The van der Waals surface area contributed by atoms with Gasteiger partial charge in [0.1, 0.15) is 28.0 Å². The summed E-state index contributed by atoms with van der Waals surface area (Å²) in [5.74, 6) is 0.649. The zero-order valence-corrected chi connectivity index (χ0v) is 82.7. The van der Waals surface area contributed by atoms with Crippen LogP contribution in [0.25, 0.3) is 0 Å². The molecule has 24 heteroatoms. The van der Waals surface area contributed by atoms with Crippen LogP contribution in [0.5, 0.6) is 0 Å². The summed E-state index contributed by atoms with van der Waals surface area (Å²) in [5.41, 5.74) is 0.714. The minimum Gasteiger partial charge on any atom is -1.00 e. The minimum absolute atomic E-state index is 0. The normalized spacial score (nSPS) is 14.0. The van der Waals surface area contributed by atoms with Crippen molar-refractivity contribution in [2.45, 2.75) is 257 Å². The van der Waals surface area contributed by atoms with Gasteiger partial charge >= 0.3 is 88.2 Å². The molecule has 121 heavy (non-hydrogen) atoms. The molecule has 0 radical (unpaired) electrons. The number of hydrogen-bond acceptors (Lipinski definition) is 12. The molecule has 0 saturated carbocycles. The van der Waals surface area contributed by atoms with Crippen molar-refractivity contribution in [1.29, 1.82) is 0 Å². The van der Waals surface area contributed by atoms with Crippen LogP contribution in [-0.2, 0) is 40.6 Å². The van der Waals surface area contributed by atoms with Gasteiger partial charge in [-0.2, -0.15) is 35.9 Å². The largest absolute Gasteiger partial charge is 1.00 e. The van der Waals surface area contributed by atoms with E-state index >= 15 is 0 Å². The van der Waals surface area contributed by atoms with Crippen LogP contribution >= 0.6 is 39.9 Å². The summed E-state index contributed by atoms with van der Waals surface area (Å²) in [4.78, 5) is 56.7. The van der Waals surface area contributed by atoms with Gasteiger partial charge in [0, 0.05) is 45.2 Å². The number of piperidine rings is 4. The Hall–Kier alpha value is -6.00. The van der Waals surface area contributed by atoms with Crippen molar-refractivity contribution < 1.29 is 134 Å². The maximum Gasteiger partial charge on any atom is 1.00 e. The van der Waals surface area contributed by atoms with Crippen LogP contribution < -0.4 is 56.7 Å². The Kier molecular flexibility index (Phi) is 68.8. The van der Waals surface area contributed by atoms with E-state index in [1.54, 1.807) is 65.6 Å². The molecule has 680 valence electrons. The van der Waals surface area contributed by atoms with Crippen molar-refractivity contribution in [1.82, 2.24) is 20.0 Å². The molecule has 3 amide bonds. The Balaban J connectivity index is -0.000000270. The molecule has 4 N–H and O–H groups in total. The second-order valence-electron chi connectivity index (χ2n) is 28.1. The number of alkyl halides is 6. The SMILES string of the molecule is Brc1ccccc1.C.CC.CC.CC.CC.CC.CC.CC.CC(C)(C)OC(=O)N1CCC(C(O)(c2ccccc2)c2ccccc2)CC1.CCC1CCN(C(=O)OC(C)(C)C)CC1.I.O=C(OC(C(F)(F)F)C(F)(F)F)N1CCC(C(O)(c2ccccc2)c2ccccc2)CC1.O=C=O.OC(c1ccccc1)(c1ccccc1)C1CCNCC1.[H-].[HH].[K+]. The molecular weight excluding hydrogens is 1760 g/mol. The van der Waals surface area contributed by atoms with Crippen molar-refractivity contribution in [3.8, 4) is 0 Å². The van der Waals surface area contributed by atoms with Crippen molar-refractivity contribution in [3.05, 3.63) is 250 Å². The number of ether oxygens (including phenoxy) is 3. The fourth-order valence-corrected chi connectivity index (χ4v) is 13.7. The molecule has 4 saturated heterocycles. The molecule has 0 aromatic heterocycles. The molecule has 0 spiro atoms. The van der Waals surface area contributed by atoms with Crippen LogP contribution in [0.3, 0.4) is 0 Å². The van der Waals surface area contributed by atoms with E-state index in [2.05, 4.69) is 32.9 Å². The van der Waals surface area contributed by atoms with E-state index in [-0.39, 0.29) is 147 Å². The van der Waals surface area contributed by atoms with Gasteiger partial charge in [0.15, 0.2) is 0 Å². The zero-order valence-electron chi connectivity index (χ0n) is 76.6. The van der Waals surface area contributed by atoms with Gasteiger partial charge in [-0.1, -0.05) is 334 Å². The number of benzene rings is 7. The van der Waals surface area contributed by atoms with Crippen molar-refractivity contribution in [2.24, 2.45) is 23.7 Å². The van der Waals surface area contributed by atoms with Gasteiger partial charge in [0.2, 0.25) is 0 Å². The van der Waals surface area contributed by atoms with Crippen LogP contribution in [0.15, 0.2) is 217 Å². The van der Waals surface area contributed by atoms with E-state index in [0.717, 1.165) is 102 Å². The van der Waals surface area contributed by atoms with Crippen LogP contribution in [0.2, 0.25) is 0 Å². The summed E-state index contributed by atoms with van der Waals surface area (Å²) in [5, 5.41) is 38.5. The number of rotatable bonds is 11. The fourth-order valence-electron chi connectivity index (χ4n) is 13.4. The average molecular weight is 1910 g/mol. The first kappa shape index (κ1) is 124. The molecule has 0 aliphatic carbocycles. The third kappa shape index (κ3) is 43.2. The zero-order chi connectivity index (χ0) is 90.2. The van der Waals surface area contributed by atoms with Gasteiger partial charge in [-0.15, -0.1) is 24.0 Å². The summed E-state index contributed by atoms with van der Waals surface area (Å²) in [7, 11) is 0. The van der Waals surface area contributed by atoms with Gasteiger partial charge in [0.05, 0.1) is 0 Å². The first-order valence-electron chi connectivity index (χ1n) is 42.2. The smallest absolute Gasteiger partial charge is 1.00 e. The first-order valence-corrected chi connectivity index (χ1v) is 43.0. The fraction of sp³-hybridized carbons (Fsp3) is 0.526. The molecule has 7 aromatic carbocycles. The number of likely N-dealkylation sites (tertiary alicyclic amines) is 3. The number of amides is 3. The Labute approximate surface area is 794 Å². The number of nitrogens with one attached hydrogen (secondary N) is 1. The molecule has 7 aromatic rings. The molecule has 4 aliphatic heterocycles. The van der Waals surface area contributed by atoms with Gasteiger partial charge in [0.25, 0.3) is 6.10 Å². The van der Waals surface area contributed by atoms with E-state index in [9.17, 15) is 56.0 Å². The molecule has 11 rings (SSSR count). The van der Waals surface area contributed by atoms with Crippen LogP contribution in [0, 0.1) is 23.7 Å². The molecular formula is C97H149BrF6IKN4O11. The third-order valence-corrected chi connectivity index (χ3v) is 19.2. The summed E-state index contributed by atoms with van der Waals surface area (Å²) in [6.45, 7) is 46.1. The Bertz CT molecular complexity index is 3560. The summed E-state index contributed by atoms with van der Waals surface area (Å²) < 4.78 is 91.9. The van der Waals surface area contributed by atoms with Crippen LogP contribution in [-0.4, -0.2) is 136 Å². The number of nitrogens with zero attached hydrogens (tertiary/aromatic N) is 3. The first-order chi connectivity index (χ1) is 56.3. The molecule has 0 unspecified atom stereocenters. The second kappa shape index (κ2) is 67.4. The van der Waals surface area contributed by atoms with Gasteiger partial charge in [-0.3, -0.25) is 0 Å². The molecule has 0 atom stereocenters. The number of aliphatic hydroxyl groups is 3. The van der Waals surface area contributed by atoms with E-state index in [1.807, 2.05) is 295 Å². The molecule has 15 nitrogen and oxygen atoms in total. The molecule has 4 fully saturated rings. The standard InChI is InChI=1S/C23H29NO3.C22H21F6NO3.C18H21NO.C12H23NO2.C6H5Br.7C2H6.CO2.CH4.HI.K.H2.H/c1-22(2,3)27-21(25)24-16-14-20(15-17-24)23(26,18-10-6-4-7-11-18)19-12-8-5-9-13-19;23-21(24,25)18(22(26,27)28)32-19(30)29-13-11-17(12-14-29)20(31,15-7-3-1-4-8-15)16-9-5-2-6-10-16;20-18(15-7-3-1-4-8-15,16-9-5-2-6-10-16)17-11-13-19-14-12-17;1-5-10-6-8-13(9-7-10)11(14)15-12(2,3)4;7-6-4-2-1-3-5-6;7*1-2;2-1-3;;;;;/h4-13,20,26H,14-17H2,1-3H3;1-10,17-18,31H,11-14H2;1-10,17,19-20H,11-14H2;10H,5-9H2,1-4H3;1-5H;7*1-2H3;;1H4;1H;;1H;/q;;;;;;;;;;;;;;;+1;;-1. The van der Waals surface area contributed by atoms with Crippen LogP contribution in [0.1, 0.15) is 247 Å². The Morgan fingerprint density at radius 3 is 0.802 bits per heavy atom. The topological polar surface area (TPSA) is 195 Å². The molecule has 4 aliphatic rings. The van der Waals surface area contributed by atoms with Crippen molar-refractivity contribution in [3.63, 3.8) is 0 Å². The third-order valence-electron chi connectivity index (χ3n) is 18.7. The predicted octanol–water partition coefficient (Wildman–Crippen LogP) is 23.5. The van der Waals surface area contributed by atoms with Crippen molar-refractivity contribution in [2.75, 3.05) is 52.4 Å². The number of carbonyl (C=O) groups is 3. The summed E-state index contributed by atoms with van der Waals surface area (Å²) >= 11 is 3.31. The Morgan fingerprint density at radius 1 is 0.413 bits per heavy atom. The predicted molar refractivity (Wildman–Crippen MR) is 495 cm³/mol. The summed E-state index contributed by atoms with van der Waals surface area (Å²) in [6.07, 6.45) is -10.4. The number of halogens is 8. The van der Waals surface area contributed by atoms with Gasteiger partial charge in [-0.25, -0.2) is 14.4 Å². The maximum atomic E-state index is 12.7. The molecule has 4 heterocycles. The number of carbonyl (C=O) groups excluding carboxylic acids is 5. The monoisotopic (exact) mass is 1900 g/mol. The summed E-state index contributed by atoms with van der Waals surface area (Å²) in [6, 6.07) is 67.3. The van der Waals surface area contributed by atoms with E-state index in [4.69, 9.17) is 19.1 Å². The molecule has 0 bridgehead atoms. The average Bonchev–Trinajstić information content (AvgIpc) is 0.779. The number of hydrogen-bond donors (Lipinski definition) is 4. The maximum absolute atomic E-state index is 12.7. The van der Waals surface area contributed by atoms with Crippen molar-refractivity contribution >= 4 is 64.3 Å². The quantitative estimate of drug-likeness (QED) is 0.0415. The van der Waals surface area contributed by atoms with Crippen LogP contribution in [0.4, 0.5) is 40.7 Å². The van der Waals surface area contributed by atoms with Gasteiger partial charge in [-0.05, 0) is 175 Å². The van der Waals surface area contributed by atoms with E-state index in [0.29, 0.717) is 24.2 Å². The second-order valence-corrected chi connectivity index (χ2v) is 29.0.